The summed E-state index contributed by atoms with van der Waals surface area (Å²) in [5.74, 6) is -2.44. The minimum Gasteiger partial charge on any atom is -0.493 e. The average Bonchev–Trinajstić information content (AvgIpc) is 3.50. The number of methoxy groups -OCH3 is 1. The van der Waals surface area contributed by atoms with E-state index in [1.165, 1.54) is 36.3 Å². The van der Waals surface area contributed by atoms with Gasteiger partial charge < -0.3 is 9.47 Å². The molecule has 6 rings (SSSR count). The Hall–Kier alpha value is -5.02. The topological polar surface area (TPSA) is 85.4 Å². The Kier molecular flexibility index (Phi) is 6.49. The first-order valence-electron chi connectivity index (χ1n) is 12.6. The van der Waals surface area contributed by atoms with Crippen LogP contribution in [0.3, 0.4) is 0 Å². The Bertz CT molecular complexity index is 1580. The lowest BCUT2D eigenvalue weighted by Gasteiger charge is -2.29. The third kappa shape index (κ3) is 4.36. The maximum absolute atomic E-state index is 13.8. The summed E-state index contributed by atoms with van der Waals surface area (Å²) in [6, 6.07) is 27.1. The van der Waals surface area contributed by atoms with Gasteiger partial charge >= 0.3 is 5.97 Å². The van der Waals surface area contributed by atoms with E-state index >= 15 is 0 Å². The Balaban J connectivity index is 1.37. The third-order valence-corrected chi connectivity index (χ3v) is 6.95. The number of ether oxygens (including phenoxy) is 2. The molecule has 4 aromatic rings. The Morgan fingerprint density at radius 3 is 2.10 bits per heavy atom. The zero-order valence-corrected chi connectivity index (χ0v) is 21.3. The standard InChI is InChI=1S/C31H23FN2O6/c1-38-25-18-20(14-17-24(25)39-31(37)19-12-15-21(32)16-13-19)27-26-28(40-34(27)23-10-6-3-7-11-23)30(36)33(29(26)35)22-8-4-2-5-9-22/h2-18,26-28H,1H3/t26-,27-,28+/m1/s1. The summed E-state index contributed by atoms with van der Waals surface area (Å²) in [6.45, 7) is 0. The fourth-order valence-electron chi connectivity index (χ4n) is 5.08. The van der Waals surface area contributed by atoms with Crippen molar-refractivity contribution >= 4 is 29.2 Å². The van der Waals surface area contributed by atoms with Gasteiger partial charge in [-0.3, -0.25) is 14.4 Å². The van der Waals surface area contributed by atoms with Crippen molar-refractivity contribution < 1.29 is 33.1 Å². The van der Waals surface area contributed by atoms with E-state index in [0.717, 1.165) is 0 Å². The molecule has 40 heavy (non-hydrogen) atoms. The maximum Gasteiger partial charge on any atom is 0.343 e. The van der Waals surface area contributed by atoms with Crippen molar-refractivity contribution in [1.82, 2.24) is 0 Å². The highest BCUT2D eigenvalue weighted by molar-refractivity contribution is 6.23. The monoisotopic (exact) mass is 538 g/mol. The zero-order chi connectivity index (χ0) is 27.8. The van der Waals surface area contributed by atoms with E-state index in [0.29, 0.717) is 16.9 Å². The summed E-state index contributed by atoms with van der Waals surface area (Å²) in [7, 11) is 1.43. The molecule has 0 aliphatic carbocycles. The number of rotatable bonds is 6. The second-order valence-corrected chi connectivity index (χ2v) is 9.31. The van der Waals surface area contributed by atoms with Crippen molar-refractivity contribution in [3.63, 3.8) is 0 Å². The lowest BCUT2D eigenvalue weighted by Crippen LogP contribution is -2.37. The number of carbonyl (C=O) groups excluding carboxylic acids is 3. The van der Waals surface area contributed by atoms with Gasteiger partial charge in [-0.15, -0.1) is 0 Å². The molecule has 2 saturated heterocycles. The summed E-state index contributed by atoms with van der Waals surface area (Å²) in [4.78, 5) is 47.2. The van der Waals surface area contributed by atoms with Crippen LogP contribution in [0.1, 0.15) is 22.0 Å². The molecular formula is C31H23FN2O6. The van der Waals surface area contributed by atoms with Crippen LogP contribution in [0.15, 0.2) is 103 Å². The van der Waals surface area contributed by atoms with Crippen LogP contribution in [0.25, 0.3) is 0 Å². The predicted octanol–water partition coefficient (Wildman–Crippen LogP) is 5.10. The van der Waals surface area contributed by atoms with Crippen molar-refractivity contribution in [2.45, 2.75) is 12.1 Å². The first-order valence-corrected chi connectivity index (χ1v) is 12.6. The zero-order valence-electron chi connectivity index (χ0n) is 21.3. The van der Waals surface area contributed by atoms with Crippen LogP contribution in [-0.2, 0) is 14.4 Å². The second kappa shape index (κ2) is 10.3. The molecule has 2 fully saturated rings. The highest BCUT2D eigenvalue weighted by atomic mass is 19.1. The van der Waals surface area contributed by atoms with Gasteiger partial charge in [0.2, 0.25) is 5.91 Å². The Morgan fingerprint density at radius 1 is 0.800 bits per heavy atom. The van der Waals surface area contributed by atoms with Crippen molar-refractivity contribution in [1.29, 1.82) is 0 Å². The van der Waals surface area contributed by atoms with Crippen molar-refractivity contribution in [3.05, 3.63) is 120 Å². The lowest BCUT2D eigenvalue weighted by molar-refractivity contribution is -0.126. The van der Waals surface area contributed by atoms with Crippen LogP contribution in [0, 0.1) is 11.7 Å². The van der Waals surface area contributed by atoms with Crippen LogP contribution in [0.5, 0.6) is 11.5 Å². The number of hydrogen-bond acceptors (Lipinski definition) is 7. The van der Waals surface area contributed by atoms with E-state index in [-0.39, 0.29) is 23.0 Å². The van der Waals surface area contributed by atoms with Crippen LogP contribution < -0.4 is 19.4 Å². The van der Waals surface area contributed by atoms with E-state index in [4.69, 9.17) is 14.3 Å². The summed E-state index contributed by atoms with van der Waals surface area (Å²) >= 11 is 0. The quantitative estimate of drug-likeness (QED) is 0.192. The van der Waals surface area contributed by atoms with Crippen LogP contribution >= 0.6 is 0 Å². The van der Waals surface area contributed by atoms with Gasteiger partial charge in [-0.25, -0.2) is 19.1 Å². The molecule has 4 aromatic carbocycles. The first kappa shape index (κ1) is 25.3. The lowest BCUT2D eigenvalue weighted by atomic mass is 9.90. The van der Waals surface area contributed by atoms with Crippen molar-refractivity contribution in [2.75, 3.05) is 17.1 Å². The van der Waals surface area contributed by atoms with Gasteiger partial charge in [0.15, 0.2) is 17.6 Å². The molecule has 0 unspecified atom stereocenters. The smallest absolute Gasteiger partial charge is 0.343 e. The highest BCUT2D eigenvalue weighted by Crippen LogP contribution is 2.48. The van der Waals surface area contributed by atoms with Gasteiger partial charge in [0.05, 0.1) is 30.1 Å². The largest absolute Gasteiger partial charge is 0.493 e. The number of para-hydroxylation sites is 2. The number of fused-ring (bicyclic) bond motifs is 1. The number of benzene rings is 4. The molecule has 200 valence electrons. The van der Waals surface area contributed by atoms with E-state index in [9.17, 15) is 18.8 Å². The van der Waals surface area contributed by atoms with E-state index in [1.54, 1.807) is 47.5 Å². The van der Waals surface area contributed by atoms with E-state index < -0.39 is 35.8 Å². The maximum atomic E-state index is 13.8. The average molecular weight is 539 g/mol. The molecule has 2 heterocycles. The molecule has 2 aliphatic rings. The molecule has 3 atom stereocenters. The van der Waals surface area contributed by atoms with Crippen LogP contribution in [-0.4, -0.2) is 31.0 Å². The van der Waals surface area contributed by atoms with Crippen LogP contribution in [0.4, 0.5) is 15.8 Å². The van der Waals surface area contributed by atoms with Crippen LogP contribution in [0.2, 0.25) is 0 Å². The number of imide groups is 1. The SMILES string of the molecule is COc1cc([C@@H]2[C@H]3C(=O)N(c4ccccc4)C(=O)[C@H]3ON2c2ccccc2)ccc1OC(=O)c1ccc(F)cc1. The van der Waals surface area contributed by atoms with Crippen molar-refractivity contribution in [3.8, 4) is 11.5 Å². The minimum atomic E-state index is -1.03. The number of carbonyl (C=O) groups is 3. The first-order chi connectivity index (χ1) is 19.5. The summed E-state index contributed by atoms with van der Waals surface area (Å²) in [5, 5.41) is 1.58. The number of halogens is 1. The van der Waals surface area contributed by atoms with Gasteiger partial charge in [-0.2, -0.15) is 0 Å². The van der Waals surface area contributed by atoms with Crippen molar-refractivity contribution in [2.24, 2.45) is 5.92 Å². The number of hydrogen-bond donors (Lipinski definition) is 0. The summed E-state index contributed by atoms with van der Waals surface area (Å²) < 4.78 is 24.3. The fourth-order valence-corrected chi connectivity index (χ4v) is 5.08. The highest BCUT2D eigenvalue weighted by Gasteiger charge is 2.60. The molecular weight excluding hydrogens is 515 g/mol. The van der Waals surface area contributed by atoms with Gasteiger partial charge in [0.1, 0.15) is 11.7 Å². The summed E-state index contributed by atoms with van der Waals surface area (Å²) in [6.07, 6.45) is -1.03. The Morgan fingerprint density at radius 2 is 1.45 bits per heavy atom. The number of amides is 2. The molecule has 0 saturated carbocycles. The fraction of sp³-hybridized carbons (Fsp3) is 0.129. The molecule has 0 bridgehead atoms. The minimum absolute atomic E-state index is 0.141. The second-order valence-electron chi connectivity index (χ2n) is 9.31. The molecule has 0 aromatic heterocycles. The van der Waals surface area contributed by atoms with Gasteiger partial charge in [0.25, 0.3) is 5.91 Å². The normalized spacial score (nSPS) is 20.0. The number of hydroxylamine groups is 1. The summed E-state index contributed by atoms with van der Waals surface area (Å²) in [5.41, 5.74) is 1.93. The molecule has 0 radical (unpaired) electrons. The molecule has 0 spiro atoms. The van der Waals surface area contributed by atoms with E-state index in [1.807, 2.05) is 36.4 Å². The molecule has 9 heteroatoms. The molecule has 8 nitrogen and oxygen atoms in total. The van der Waals surface area contributed by atoms with Gasteiger partial charge in [-0.1, -0.05) is 42.5 Å². The molecule has 0 N–H and O–H groups in total. The number of anilines is 2. The number of esters is 1. The molecule has 2 amide bonds. The van der Waals surface area contributed by atoms with Gasteiger partial charge in [0, 0.05) is 0 Å². The third-order valence-electron chi connectivity index (χ3n) is 6.95. The molecule has 2 aliphatic heterocycles. The van der Waals surface area contributed by atoms with Gasteiger partial charge in [-0.05, 0) is 66.2 Å². The Labute approximate surface area is 229 Å². The number of nitrogens with zero attached hydrogens (tertiary/aromatic N) is 2. The predicted molar refractivity (Wildman–Crippen MR) is 143 cm³/mol. The van der Waals surface area contributed by atoms with E-state index in [2.05, 4.69) is 0 Å².